The third kappa shape index (κ3) is 6.90. The van der Waals surface area contributed by atoms with Gasteiger partial charge in [0.25, 0.3) is 0 Å². The first-order valence-corrected chi connectivity index (χ1v) is 18.6. The molecule has 4 rings (SSSR count). The summed E-state index contributed by atoms with van der Waals surface area (Å²) in [6.45, 7) is 15.7. The molecule has 5 nitrogen and oxygen atoms in total. The number of hydrogen-bond donors (Lipinski definition) is 2. The monoisotopic (exact) mass is 582 g/mol. The molecule has 0 bridgehead atoms. The zero-order valence-corrected chi connectivity index (χ0v) is 28.5. The Labute approximate surface area is 247 Å². The summed E-state index contributed by atoms with van der Waals surface area (Å²) >= 11 is 0. The van der Waals surface area contributed by atoms with Crippen LogP contribution in [0.1, 0.15) is 119 Å². The van der Waals surface area contributed by atoms with Crippen molar-refractivity contribution >= 4 is 7.82 Å². The first-order valence-electron chi connectivity index (χ1n) is 17.0. The van der Waals surface area contributed by atoms with Crippen molar-refractivity contribution < 1.29 is 23.4 Å². The first kappa shape index (κ1) is 33.0. The molecule has 4 aliphatic carbocycles. The zero-order valence-electron chi connectivity index (χ0n) is 27.6. The predicted octanol–water partition coefficient (Wildman–Crippen LogP) is 8.54. The number of phosphoric ester groups is 1. The Balaban J connectivity index is 1.44. The Morgan fingerprint density at radius 1 is 0.900 bits per heavy atom. The fourth-order valence-corrected chi connectivity index (χ4v) is 11.9. The van der Waals surface area contributed by atoms with Crippen LogP contribution in [0.2, 0.25) is 0 Å². The van der Waals surface area contributed by atoms with Crippen LogP contribution in [0.15, 0.2) is 0 Å². The molecule has 4 saturated carbocycles. The average Bonchev–Trinajstić information content (AvgIpc) is 3.18. The normalized spacial score (nSPS) is 40.7. The average molecular weight is 583 g/mol. The van der Waals surface area contributed by atoms with E-state index in [1.807, 2.05) is 0 Å². The van der Waals surface area contributed by atoms with E-state index >= 15 is 0 Å². The standard InChI is InChI=1S/C34H64NO4P/c1-10-25(23(2)3)12-11-24(4)29-15-16-30-28-14-13-27-21-26(32(22-35(7,8)9)39-40(36,37)38)17-19-33(27,5)31(28)18-20-34(29,30)6/h23-32H,10-22H2,1-9H3,(H-,36,37,38)/p+1/t24-,25-,26?,27?,28?,29-,30?,31?,32?,33+,34-/m1/s1. The van der Waals surface area contributed by atoms with Gasteiger partial charge in [-0.05, 0) is 128 Å². The number of phosphoric acid groups is 1. The molecule has 11 atom stereocenters. The van der Waals surface area contributed by atoms with Crippen molar-refractivity contribution in [3.8, 4) is 0 Å². The predicted molar refractivity (Wildman–Crippen MR) is 166 cm³/mol. The largest absolute Gasteiger partial charge is 0.470 e. The van der Waals surface area contributed by atoms with Crippen LogP contribution in [-0.4, -0.2) is 48.1 Å². The Bertz CT molecular complexity index is 897. The quantitative estimate of drug-likeness (QED) is 0.189. The molecule has 6 heteroatoms. The lowest BCUT2D eigenvalue weighted by atomic mass is 9.43. The van der Waals surface area contributed by atoms with Gasteiger partial charge in [0, 0.05) is 0 Å². The lowest BCUT2D eigenvalue weighted by Crippen LogP contribution is -2.55. The second-order valence-corrected chi connectivity index (χ2v) is 18.2. The van der Waals surface area contributed by atoms with Crippen molar-refractivity contribution in [1.29, 1.82) is 0 Å². The lowest BCUT2D eigenvalue weighted by molar-refractivity contribution is -0.873. The number of hydrogen-bond acceptors (Lipinski definition) is 2. The second-order valence-electron chi connectivity index (χ2n) is 17.0. The smallest absolute Gasteiger partial charge is 0.329 e. The Morgan fingerprint density at radius 2 is 1.55 bits per heavy atom. The number of quaternary nitrogens is 1. The van der Waals surface area contributed by atoms with Gasteiger partial charge in [-0.3, -0.25) is 4.52 Å². The summed E-state index contributed by atoms with van der Waals surface area (Å²) < 4.78 is 18.0. The van der Waals surface area contributed by atoms with Gasteiger partial charge in [0.15, 0.2) is 0 Å². The van der Waals surface area contributed by atoms with Crippen LogP contribution in [0, 0.1) is 64.1 Å². The van der Waals surface area contributed by atoms with Gasteiger partial charge in [-0.25, -0.2) is 4.57 Å². The van der Waals surface area contributed by atoms with Crippen molar-refractivity contribution in [2.75, 3.05) is 27.7 Å². The van der Waals surface area contributed by atoms with E-state index in [9.17, 15) is 14.4 Å². The van der Waals surface area contributed by atoms with E-state index in [0.29, 0.717) is 27.8 Å². The minimum absolute atomic E-state index is 0.239. The van der Waals surface area contributed by atoms with Gasteiger partial charge in [-0.2, -0.15) is 0 Å². The van der Waals surface area contributed by atoms with Gasteiger partial charge < -0.3 is 14.3 Å². The van der Waals surface area contributed by atoms with Gasteiger partial charge in [0.1, 0.15) is 12.6 Å². The lowest BCUT2D eigenvalue weighted by Gasteiger charge is -2.61. The van der Waals surface area contributed by atoms with Gasteiger partial charge >= 0.3 is 7.82 Å². The van der Waals surface area contributed by atoms with E-state index in [1.54, 1.807) is 0 Å². The van der Waals surface area contributed by atoms with Crippen molar-refractivity contribution in [3.05, 3.63) is 0 Å². The van der Waals surface area contributed by atoms with Crippen molar-refractivity contribution in [2.24, 2.45) is 64.1 Å². The molecule has 0 saturated heterocycles. The number of nitrogens with zero attached hydrogens (tertiary/aromatic N) is 1. The molecule has 0 radical (unpaired) electrons. The minimum Gasteiger partial charge on any atom is -0.329 e. The van der Waals surface area contributed by atoms with E-state index in [2.05, 4.69) is 62.7 Å². The zero-order chi connectivity index (χ0) is 29.7. The number of fused-ring (bicyclic) bond motifs is 5. The van der Waals surface area contributed by atoms with Crippen LogP contribution in [0.25, 0.3) is 0 Å². The maximum Gasteiger partial charge on any atom is 0.470 e. The topological polar surface area (TPSA) is 66.8 Å². The van der Waals surface area contributed by atoms with Crippen LogP contribution >= 0.6 is 7.82 Å². The Kier molecular flexibility index (Phi) is 10.1. The van der Waals surface area contributed by atoms with Gasteiger partial charge in [-0.1, -0.05) is 54.4 Å². The van der Waals surface area contributed by atoms with Crippen LogP contribution in [0.3, 0.4) is 0 Å². The molecule has 2 N–H and O–H groups in total. The van der Waals surface area contributed by atoms with E-state index < -0.39 is 7.82 Å². The highest BCUT2D eigenvalue weighted by Gasteiger charge is 2.61. The third-order valence-electron chi connectivity index (χ3n) is 13.5. The highest BCUT2D eigenvalue weighted by molar-refractivity contribution is 7.46. The third-order valence-corrected chi connectivity index (χ3v) is 14.0. The van der Waals surface area contributed by atoms with Crippen molar-refractivity contribution in [2.45, 2.75) is 125 Å². The molecular weight excluding hydrogens is 517 g/mol. The van der Waals surface area contributed by atoms with Crippen LogP contribution < -0.4 is 0 Å². The van der Waals surface area contributed by atoms with Crippen molar-refractivity contribution in [1.82, 2.24) is 0 Å². The maximum absolute atomic E-state index is 11.9. The molecule has 0 aromatic carbocycles. The molecule has 0 aromatic rings. The Morgan fingerprint density at radius 3 is 2.15 bits per heavy atom. The Hall–Kier alpha value is 0.0700. The van der Waals surface area contributed by atoms with Crippen LogP contribution in [-0.2, 0) is 9.09 Å². The molecule has 6 unspecified atom stereocenters. The first-order chi connectivity index (χ1) is 18.5. The molecule has 0 aliphatic heterocycles. The van der Waals surface area contributed by atoms with Gasteiger partial charge in [0.05, 0.1) is 21.1 Å². The van der Waals surface area contributed by atoms with Crippen LogP contribution in [0.5, 0.6) is 0 Å². The van der Waals surface area contributed by atoms with E-state index in [-0.39, 0.29) is 12.0 Å². The SMILES string of the molecule is CC[C@H](CC[C@@H](C)[C@H]1CCC2C3CCC4CC(C(C[N+](C)(C)C)OP(=O)(O)O)CC[C@]4(C)C3CC[C@@]21C)C(C)C. The fraction of sp³-hybridized carbons (Fsp3) is 1.00. The number of rotatable bonds is 11. The van der Waals surface area contributed by atoms with Gasteiger partial charge in [0.2, 0.25) is 0 Å². The summed E-state index contributed by atoms with van der Waals surface area (Å²) in [5, 5.41) is 0. The van der Waals surface area contributed by atoms with Crippen LogP contribution in [0.4, 0.5) is 0 Å². The molecule has 0 spiro atoms. The van der Waals surface area contributed by atoms with E-state index in [0.717, 1.165) is 54.3 Å². The maximum atomic E-state index is 11.9. The van der Waals surface area contributed by atoms with E-state index in [1.165, 1.54) is 64.2 Å². The summed E-state index contributed by atoms with van der Waals surface area (Å²) in [4.78, 5) is 19.4. The molecule has 4 fully saturated rings. The van der Waals surface area contributed by atoms with Gasteiger partial charge in [-0.15, -0.1) is 0 Å². The highest BCUT2D eigenvalue weighted by atomic mass is 31.2. The molecule has 0 amide bonds. The molecule has 0 aromatic heterocycles. The van der Waals surface area contributed by atoms with Crippen molar-refractivity contribution in [3.63, 3.8) is 0 Å². The molecular formula is C34H65NO4P+. The fourth-order valence-electron chi connectivity index (χ4n) is 11.3. The summed E-state index contributed by atoms with van der Waals surface area (Å²) in [5.74, 6) is 6.91. The summed E-state index contributed by atoms with van der Waals surface area (Å²) in [6.07, 6.45) is 15.4. The molecule has 4 aliphatic rings. The summed E-state index contributed by atoms with van der Waals surface area (Å²) in [6, 6.07) is 0. The molecule has 40 heavy (non-hydrogen) atoms. The second kappa shape index (κ2) is 12.2. The minimum atomic E-state index is -4.51. The summed E-state index contributed by atoms with van der Waals surface area (Å²) in [5.41, 5.74) is 0.896. The number of likely N-dealkylation sites (N-methyl/N-ethyl adjacent to an activating group) is 1. The van der Waals surface area contributed by atoms with E-state index in [4.69, 9.17) is 4.52 Å². The highest BCUT2D eigenvalue weighted by Crippen LogP contribution is 2.69. The molecule has 0 heterocycles. The summed E-state index contributed by atoms with van der Waals surface area (Å²) in [7, 11) is 1.76. The molecule has 234 valence electrons.